The van der Waals surface area contributed by atoms with Crippen molar-refractivity contribution in [3.05, 3.63) is 16.6 Å². The zero-order chi connectivity index (χ0) is 13.9. The van der Waals surface area contributed by atoms with Crippen LogP contribution in [0.15, 0.2) is 10.9 Å². The number of aliphatic carboxylic acids is 1. The number of aromatic nitrogens is 1. The largest absolute Gasteiger partial charge is 0.480 e. The van der Waals surface area contributed by atoms with E-state index in [4.69, 9.17) is 5.11 Å². The third kappa shape index (κ3) is 2.98. The van der Waals surface area contributed by atoms with Gasteiger partial charge in [-0.15, -0.1) is 11.3 Å². The maximum absolute atomic E-state index is 12.1. The van der Waals surface area contributed by atoms with Crippen LogP contribution in [0.2, 0.25) is 0 Å². The number of carboxylic acid groups (broad SMARTS) is 1. The van der Waals surface area contributed by atoms with Crippen LogP contribution in [0.4, 0.5) is 4.79 Å². The van der Waals surface area contributed by atoms with E-state index < -0.39 is 11.5 Å². The lowest BCUT2D eigenvalue weighted by Crippen LogP contribution is -2.54. The van der Waals surface area contributed by atoms with Crippen molar-refractivity contribution in [2.24, 2.45) is 0 Å². The lowest BCUT2D eigenvalue weighted by molar-refractivity contribution is -0.147. The van der Waals surface area contributed by atoms with Gasteiger partial charge in [-0.1, -0.05) is 0 Å². The molecule has 1 rings (SSSR count). The molecule has 100 valence electrons. The first kappa shape index (κ1) is 14.4. The number of carboxylic acids is 1. The molecule has 7 heteroatoms. The Bertz CT molecular complexity index is 431. The molecule has 0 aromatic carbocycles. The Labute approximate surface area is 110 Å². The van der Waals surface area contributed by atoms with Crippen molar-refractivity contribution in [2.45, 2.75) is 25.9 Å². The second-order valence-corrected chi connectivity index (χ2v) is 5.26. The van der Waals surface area contributed by atoms with Crippen LogP contribution >= 0.6 is 11.3 Å². The number of likely N-dealkylation sites (N-methyl/N-ethyl adjacent to an activating group) is 1. The summed E-state index contributed by atoms with van der Waals surface area (Å²) in [5.41, 5.74) is 1.24. The summed E-state index contributed by atoms with van der Waals surface area (Å²) in [6, 6.07) is -0.351. The van der Waals surface area contributed by atoms with E-state index in [1.54, 1.807) is 12.6 Å². The predicted molar refractivity (Wildman–Crippen MR) is 68.5 cm³/mol. The second kappa shape index (κ2) is 5.34. The number of hydrogen-bond acceptors (Lipinski definition) is 4. The van der Waals surface area contributed by atoms with Crippen LogP contribution in [-0.4, -0.2) is 51.5 Å². The smallest absolute Gasteiger partial charge is 0.329 e. The molecular formula is C11H17N3O3S. The molecule has 0 aliphatic carbocycles. The van der Waals surface area contributed by atoms with Gasteiger partial charge in [0.2, 0.25) is 0 Å². The number of carbonyl (C=O) groups excluding carboxylic acids is 1. The van der Waals surface area contributed by atoms with E-state index in [0.717, 1.165) is 5.69 Å². The summed E-state index contributed by atoms with van der Waals surface area (Å²) in [4.78, 5) is 29.9. The van der Waals surface area contributed by atoms with Gasteiger partial charge in [-0.2, -0.15) is 0 Å². The van der Waals surface area contributed by atoms with Gasteiger partial charge < -0.3 is 14.9 Å². The van der Waals surface area contributed by atoms with Gasteiger partial charge in [0.05, 0.1) is 17.7 Å². The van der Waals surface area contributed by atoms with E-state index in [1.807, 2.05) is 5.38 Å². The summed E-state index contributed by atoms with van der Waals surface area (Å²) in [7, 11) is 3.10. The molecule has 0 atom stereocenters. The van der Waals surface area contributed by atoms with Crippen molar-refractivity contribution in [1.82, 2.24) is 14.8 Å². The third-order valence-electron chi connectivity index (χ3n) is 2.86. The number of urea groups is 1. The molecule has 0 radical (unpaired) electrons. The fraction of sp³-hybridized carbons (Fsp3) is 0.545. The number of amides is 2. The number of carbonyl (C=O) groups is 2. The second-order valence-electron chi connectivity index (χ2n) is 4.54. The lowest BCUT2D eigenvalue weighted by atomic mass is 10.0. The zero-order valence-electron chi connectivity index (χ0n) is 10.9. The Hall–Kier alpha value is -1.63. The zero-order valence-corrected chi connectivity index (χ0v) is 11.7. The molecule has 1 aromatic heterocycles. The summed E-state index contributed by atoms with van der Waals surface area (Å²) in [6.45, 7) is 3.34. The van der Waals surface area contributed by atoms with E-state index in [2.05, 4.69) is 4.98 Å². The van der Waals surface area contributed by atoms with Gasteiger partial charge in [0.15, 0.2) is 0 Å². The van der Waals surface area contributed by atoms with E-state index in [0.29, 0.717) is 6.54 Å². The van der Waals surface area contributed by atoms with Crippen LogP contribution < -0.4 is 0 Å². The van der Waals surface area contributed by atoms with Crippen LogP contribution in [0.5, 0.6) is 0 Å². The van der Waals surface area contributed by atoms with E-state index >= 15 is 0 Å². The molecule has 1 heterocycles. The first-order chi connectivity index (χ1) is 8.26. The highest BCUT2D eigenvalue weighted by molar-refractivity contribution is 7.07. The Morgan fingerprint density at radius 3 is 2.50 bits per heavy atom. The number of thiazole rings is 1. The number of rotatable bonds is 4. The van der Waals surface area contributed by atoms with Crippen LogP contribution in [0.3, 0.4) is 0 Å². The Kier molecular flexibility index (Phi) is 4.28. The summed E-state index contributed by atoms with van der Waals surface area (Å²) < 4.78 is 0. The van der Waals surface area contributed by atoms with Gasteiger partial charge in [-0.05, 0) is 13.8 Å². The molecule has 2 amide bonds. The van der Waals surface area contributed by atoms with Gasteiger partial charge in [-0.25, -0.2) is 14.6 Å². The predicted octanol–water partition coefficient (Wildman–Crippen LogP) is 1.49. The van der Waals surface area contributed by atoms with Crippen molar-refractivity contribution < 1.29 is 14.7 Å². The minimum absolute atomic E-state index is 0.351. The monoisotopic (exact) mass is 271 g/mol. The molecule has 6 nitrogen and oxygen atoms in total. The fourth-order valence-electron chi connectivity index (χ4n) is 1.26. The molecular weight excluding hydrogens is 254 g/mol. The topological polar surface area (TPSA) is 73.7 Å². The van der Waals surface area contributed by atoms with Crippen LogP contribution in [0.25, 0.3) is 0 Å². The standard InChI is InChI=1S/C11H17N3O3S/c1-11(2,9(15)16)14(4)10(17)13(3)5-8-6-18-7-12-8/h6-7H,5H2,1-4H3,(H,15,16). The maximum atomic E-state index is 12.1. The van der Waals surface area contributed by atoms with Gasteiger partial charge in [0.25, 0.3) is 0 Å². The summed E-state index contributed by atoms with van der Waals surface area (Å²) in [5, 5.41) is 10.9. The first-order valence-corrected chi connectivity index (χ1v) is 6.30. The summed E-state index contributed by atoms with van der Waals surface area (Å²) >= 11 is 1.46. The normalized spacial score (nSPS) is 11.1. The van der Waals surface area contributed by atoms with Crippen molar-refractivity contribution in [3.63, 3.8) is 0 Å². The average Bonchev–Trinajstić information content (AvgIpc) is 2.79. The minimum atomic E-state index is -1.24. The molecule has 0 unspecified atom stereocenters. The third-order valence-corrected chi connectivity index (χ3v) is 3.49. The Morgan fingerprint density at radius 2 is 2.06 bits per heavy atom. The average molecular weight is 271 g/mol. The van der Waals surface area contributed by atoms with E-state index in [1.165, 1.54) is 42.0 Å². The quantitative estimate of drug-likeness (QED) is 0.900. The molecule has 0 aliphatic heterocycles. The van der Waals surface area contributed by atoms with Crippen molar-refractivity contribution in [3.8, 4) is 0 Å². The first-order valence-electron chi connectivity index (χ1n) is 5.36. The highest BCUT2D eigenvalue weighted by Crippen LogP contribution is 2.15. The Balaban J connectivity index is 2.72. The molecule has 0 aliphatic rings. The van der Waals surface area contributed by atoms with Gasteiger partial charge >= 0.3 is 12.0 Å². The molecule has 0 bridgehead atoms. The lowest BCUT2D eigenvalue weighted by Gasteiger charge is -2.34. The fourth-order valence-corrected chi connectivity index (χ4v) is 1.81. The van der Waals surface area contributed by atoms with Crippen molar-refractivity contribution in [2.75, 3.05) is 14.1 Å². The molecule has 1 aromatic rings. The van der Waals surface area contributed by atoms with E-state index in [-0.39, 0.29) is 6.03 Å². The molecule has 0 saturated heterocycles. The van der Waals surface area contributed by atoms with Crippen LogP contribution in [0.1, 0.15) is 19.5 Å². The number of nitrogens with zero attached hydrogens (tertiary/aromatic N) is 3. The maximum Gasteiger partial charge on any atom is 0.329 e. The van der Waals surface area contributed by atoms with Gasteiger partial charge in [0.1, 0.15) is 5.54 Å². The van der Waals surface area contributed by atoms with Crippen molar-refractivity contribution in [1.29, 1.82) is 0 Å². The summed E-state index contributed by atoms with van der Waals surface area (Å²) in [5.74, 6) is -1.04. The van der Waals surface area contributed by atoms with E-state index in [9.17, 15) is 9.59 Å². The van der Waals surface area contributed by atoms with Crippen LogP contribution in [0, 0.1) is 0 Å². The SMILES string of the molecule is CN(Cc1cscn1)C(=O)N(C)C(C)(C)C(=O)O. The Morgan fingerprint density at radius 1 is 1.44 bits per heavy atom. The highest BCUT2D eigenvalue weighted by Gasteiger charge is 2.36. The van der Waals surface area contributed by atoms with Gasteiger partial charge in [-0.3, -0.25) is 0 Å². The van der Waals surface area contributed by atoms with Crippen molar-refractivity contribution >= 4 is 23.3 Å². The molecule has 18 heavy (non-hydrogen) atoms. The molecule has 1 N–H and O–H groups in total. The number of hydrogen-bond donors (Lipinski definition) is 1. The minimum Gasteiger partial charge on any atom is -0.480 e. The van der Waals surface area contributed by atoms with Crippen LogP contribution in [-0.2, 0) is 11.3 Å². The summed E-state index contributed by atoms with van der Waals surface area (Å²) in [6.07, 6.45) is 0. The highest BCUT2D eigenvalue weighted by atomic mass is 32.1. The molecule has 0 saturated carbocycles. The molecule has 0 fully saturated rings. The van der Waals surface area contributed by atoms with Gasteiger partial charge in [0, 0.05) is 19.5 Å². The molecule has 0 spiro atoms.